The summed E-state index contributed by atoms with van der Waals surface area (Å²) < 4.78 is 31.1. The Bertz CT molecular complexity index is 1210. The number of H-pyrrole nitrogens is 1. The maximum atomic E-state index is 14.4. The Labute approximate surface area is 196 Å². The minimum atomic E-state index is -0.506. The SMILES string of the molecule is COc1c(F)cccc1Nc1c(-c2ccnc(C)n2)[nH]c2c1C(=O)NCC2CC1COCCO1. The molecule has 5 rings (SSSR count). The van der Waals surface area contributed by atoms with Gasteiger partial charge in [-0.1, -0.05) is 6.07 Å². The van der Waals surface area contributed by atoms with E-state index >= 15 is 0 Å². The van der Waals surface area contributed by atoms with E-state index in [0.717, 1.165) is 5.69 Å². The van der Waals surface area contributed by atoms with Crippen LogP contribution in [-0.4, -0.2) is 60.4 Å². The minimum Gasteiger partial charge on any atom is -0.492 e. The molecule has 1 fully saturated rings. The third kappa shape index (κ3) is 4.22. The lowest BCUT2D eigenvalue weighted by Crippen LogP contribution is -2.38. The zero-order valence-corrected chi connectivity index (χ0v) is 19.0. The fourth-order valence-electron chi connectivity index (χ4n) is 4.52. The van der Waals surface area contributed by atoms with E-state index in [9.17, 15) is 9.18 Å². The van der Waals surface area contributed by atoms with E-state index in [2.05, 4.69) is 25.6 Å². The van der Waals surface area contributed by atoms with Crippen LogP contribution in [0.3, 0.4) is 0 Å². The molecule has 2 atom stereocenters. The van der Waals surface area contributed by atoms with Gasteiger partial charge in [0.15, 0.2) is 11.6 Å². The highest BCUT2D eigenvalue weighted by Gasteiger charge is 2.35. The van der Waals surface area contributed by atoms with Crippen LogP contribution in [0.1, 0.15) is 34.2 Å². The van der Waals surface area contributed by atoms with Gasteiger partial charge in [-0.05, 0) is 31.5 Å². The number of carbonyl (C=O) groups is 1. The molecule has 10 heteroatoms. The first kappa shape index (κ1) is 22.3. The Morgan fingerprint density at radius 2 is 2.18 bits per heavy atom. The molecule has 0 aliphatic carbocycles. The maximum absolute atomic E-state index is 14.4. The van der Waals surface area contributed by atoms with Crippen molar-refractivity contribution in [1.82, 2.24) is 20.3 Å². The molecule has 2 aliphatic rings. The normalized spacial score (nSPS) is 19.9. The summed E-state index contributed by atoms with van der Waals surface area (Å²) in [6.45, 7) is 3.93. The molecule has 1 saturated heterocycles. The molecule has 34 heavy (non-hydrogen) atoms. The Kier molecular flexibility index (Phi) is 6.16. The second-order valence-electron chi connectivity index (χ2n) is 8.31. The van der Waals surface area contributed by atoms with Crippen LogP contribution in [0, 0.1) is 12.7 Å². The number of aromatic nitrogens is 3. The predicted octanol–water partition coefficient (Wildman–Crippen LogP) is 3.30. The number of fused-ring (bicyclic) bond motifs is 1. The maximum Gasteiger partial charge on any atom is 0.255 e. The number of amides is 1. The van der Waals surface area contributed by atoms with Gasteiger partial charge >= 0.3 is 0 Å². The lowest BCUT2D eigenvalue weighted by atomic mass is 9.91. The van der Waals surface area contributed by atoms with Crippen LogP contribution in [0.5, 0.6) is 5.75 Å². The highest BCUT2D eigenvalue weighted by molar-refractivity contribution is 6.06. The molecule has 0 bridgehead atoms. The van der Waals surface area contributed by atoms with Crippen LogP contribution >= 0.6 is 0 Å². The number of benzene rings is 1. The number of hydrogen-bond donors (Lipinski definition) is 3. The van der Waals surface area contributed by atoms with Crippen LogP contribution in [0.4, 0.5) is 15.8 Å². The highest BCUT2D eigenvalue weighted by atomic mass is 19.1. The van der Waals surface area contributed by atoms with Crippen LogP contribution in [0.15, 0.2) is 30.5 Å². The Balaban J connectivity index is 1.62. The molecule has 1 amide bonds. The zero-order chi connectivity index (χ0) is 23.7. The number of halogens is 1. The van der Waals surface area contributed by atoms with Gasteiger partial charge in [-0.25, -0.2) is 14.4 Å². The van der Waals surface area contributed by atoms with Crippen molar-refractivity contribution in [2.24, 2.45) is 0 Å². The van der Waals surface area contributed by atoms with Gasteiger partial charge in [-0.15, -0.1) is 0 Å². The molecular formula is C24H26FN5O4. The quantitative estimate of drug-likeness (QED) is 0.510. The fraction of sp³-hybridized carbons (Fsp3) is 0.375. The van der Waals surface area contributed by atoms with Crippen molar-refractivity contribution in [2.75, 3.05) is 38.8 Å². The number of nitrogens with zero attached hydrogens (tertiary/aromatic N) is 2. The number of aryl methyl sites for hydroxylation is 1. The second kappa shape index (κ2) is 9.40. The lowest BCUT2D eigenvalue weighted by molar-refractivity contribution is -0.0928. The first-order chi connectivity index (χ1) is 16.5. The number of methoxy groups -OCH3 is 1. The van der Waals surface area contributed by atoms with Gasteiger partial charge in [-0.3, -0.25) is 4.79 Å². The van der Waals surface area contributed by atoms with Crippen LogP contribution in [-0.2, 0) is 9.47 Å². The number of rotatable bonds is 6. The largest absolute Gasteiger partial charge is 0.492 e. The summed E-state index contributed by atoms with van der Waals surface area (Å²) in [5.41, 5.74) is 3.37. The van der Waals surface area contributed by atoms with E-state index in [-0.39, 0.29) is 23.7 Å². The second-order valence-corrected chi connectivity index (χ2v) is 8.31. The molecule has 0 saturated carbocycles. The average Bonchev–Trinajstić information content (AvgIpc) is 3.22. The highest BCUT2D eigenvalue weighted by Crippen LogP contribution is 2.42. The van der Waals surface area contributed by atoms with Gasteiger partial charge in [0.25, 0.3) is 5.91 Å². The lowest BCUT2D eigenvalue weighted by Gasteiger charge is -2.29. The van der Waals surface area contributed by atoms with E-state index in [1.165, 1.54) is 13.2 Å². The molecule has 3 N–H and O–H groups in total. The van der Waals surface area contributed by atoms with Crippen molar-refractivity contribution in [2.45, 2.75) is 25.4 Å². The molecule has 2 aromatic heterocycles. The number of anilines is 2. The summed E-state index contributed by atoms with van der Waals surface area (Å²) >= 11 is 0. The van der Waals surface area contributed by atoms with E-state index in [1.807, 2.05) is 0 Å². The topological polar surface area (TPSA) is 110 Å². The summed E-state index contributed by atoms with van der Waals surface area (Å²) in [5, 5.41) is 6.23. The van der Waals surface area contributed by atoms with Crippen LogP contribution in [0.2, 0.25) is 0 Å². The van der Waals surface area contributed by atoms with Gasteiger partial charge in [-0.2, -0.15) is 0 Å². The molecule has 2 unspecified atom stereocenters. The molecule has 2 aliphatic heterocycles. The first-order valence-electron chi connectivity index (χ1n) is 11.2. The Morgan fingerprint density at radius 1 is 1.29 bits per heavy atom. The van der Waals surface area contributed by atoms with Crippen molar-refractivity contribution in [3.63, 3.8) is 0 Å². The predicted molar refractivity (Wildman–Crippen MR) is 123 cm³/mol. The summed E-state index contributed by atoms with van der Waals surface area (Å²) in [4.78, 5) is 25.3. The molecule has 4 heterocycles. The monoisotopic (exact) mass is 467 g/mol. The fourth-order valence-corrected chi connectivity index (χ4v) is 4.52. The van der Waals surface area contributed by atoms with Gasteiger partial charge in [0, 0.05) is 24.4 Å². The Hall–Kier alpha value is -3.50. The van der Waals surface area contributed by atoms with E-state index in [1.54, 1.807) is 31.3 Å². The van der Waals surface area contributed by atoms with Crippen LogP contribution < -0.4 is 15.4 Å². The standard InChI is InChI=1S/C24H26FN5O4/c1-13-26-7-6-17(28-13)21-22(29-18-5-3-4-16(25)23(18)32-2)19-20(30-21)14(11-27-24(19)31)10-15-12-33-8-9-34-15/h3-7,14-15,29-30H,8-12H2,1-2H3,(H,27,31). The molecule has 0 radical (unpaired) electrons. The van der Waals surface area contributed by atoms with Gasteiger partial charge < -0.3 is 29.8 Å². The molecule has 3 aromatic rings. The van der Waals surface area contributed by atoms with Crippen LogP contribution in [0.25, 0.3) is 11.4 Å². The summed E-state index contributed by atoms with van der Waals surface area (Å²) in [5.74, 6) is -0.103. The minimum absolute atomic E-state index is 0.0222. The molecule has 178 valence electrons. The van der Waals surface area contributed by atoms with Gasteiger partial charge in [0.2, 0.25) is 0 Å². The van der Waals surface area contributed by atoms with E-state index in [4.69, 9.17) is 14.2 Å². The zero-order valence-electron chi connectivity index (χ0n) is 19.0. The number of nitrogens with one attached hydrogen (secondary N) is 3. The van der Waals surface area contributed by atoms with Crippen molar-refractivity contribution in [3.05, 3.63) is 53.4 Å². The third-order valence-corrected chi connectivity index (χ3v) is 6.07. The van der Waals surface area contributed by atoms with Gasteiger partial charge in [0.1, 0.15) is 5.82 Å². The Morgan fingerprint density at radius 3 is 2.94 bits per heavy atom. The summed E-state index contributed by atoms with van der Waals surface area (Å²) in [6.07, 6.45) is 2.28. The third-order valence-electron chi connectivity index (χ3n) is 6.07. The smallest absolute Gasteiger partial charge is 0.255 e. The molecular weight excluding hydrogens is 441 g/mol. The van der Waals surface area contributed by atoms with Crippen molar-refractivity contribution in [1.29, 1.82) is 0 Å². The molecule has 0 spiro atoms. The number of carbonyl (C=O) groups excluding carboxylic acids is 1. The van der Waals surface area contributed by atoms with Gasteiger partial charge in [0.05, 0.1) is 61.4 Å². The average molecular weight is 468 g/mol. The van der Waals surface area contributed by atoms with Crippen molar-refractivity contribution < 1.29 is 23.4 Å². The van der Waals surface area contributed by atoms with E-state index in [0.29, 0.717) is 66.9 Å². The van der Waals surface area contributed by atoms with E-state index < -0.39 is 5.82 Å². The number of aromatic amines is 1. The number of hydrogen-bond acceptors (Lipinski definition) is 7. The van der Waals surface area contributed by atoms with Crippen molar-refractivity contribution in [3.8, 4) is 17.1 Å². The first-order valence-corrected chi connectivity index (χ1v) is 11.2. The molecule has 1 aromatic carbocycles. The molecule has 9 nitrogen and oxygen atoms in total. The summed E-state index contributed by atoms with van der Waals surface area (Å²) in [7, 11) is 1.40. The van der Waals surface area contributed by atoms with Crippen molar-refractivity contribution >= 4 is 17.3 Å². The summed E-state index contributed by atoms with van der Waals surface area (Å²) in [6, 6.07) is 6.36. The number of para-hydroxylation sites is 1. The number of ether oxygens (including phenoxy) is 3.